The molecule has 6 heteroatoms. The largest absolute Gasteiger partial charge is 0.480 e. The summed E-state index contributed by atoms with van der Waals surface area (Å²) in [6.45, 7) is 5.01. The summed E-state index contributed by atoms with van der Waals surface area (Å²) in [4.78, 5) is 24.1. The van der Waals surface area contributed by atoms with Crippen LogP contribution in [0.5, 0.6) is 0 Å². The average Bonchev–Trinajstić information content (AvgIpc) is 2.59. The Morgan fingerprint density at radius 2 is 1.35 bits per heavy atom. The summed E-state index contributed by atoms with van der Waals surface area (Å²) >= 11 is 0. The number of nitrogens with one attached hydrogen (secondary N) is 1. The third-order valence-corrected chi connectivity index (χ3v) is 3.75. The van der Waals surface area contributed by atoms with Gasteiger partial charge in [-0.15, -0.1) is 0 Å². The standard InChI is InChI=1S/C20H23NO5/c1-19(2,3)26-18(24)21-16(17(22)23)20(25,14-10-6-4-7-11-14)15-12-8-5-9-13-15/h4-13,16,25H,1-3H3,(H,21,24)(H,22,23). The van der Waals surface area contributed by atoms with Crippen LogP contribution in [0.15, 0.2) is 60.7 Å². The Bertz CT molecular complexity index is 713. The van der Waals surface area contributed by atoms with E-state index >= 15 is 0 Å². The van der Waals surface area contributed by atoms with Gasteiger partial charge in [-0.1, -0.05) is 60.7 Å². The summed E-state index contributed by atoms with van der Waals surface area (Å²) in [5, 5.41) is 23.5. The van der Waals surface area contributed by atoms with Crippen LogP contribution in [-0.4, -0.2) is 33.9 Å². The molecule has 0 aromatic heterocycles. The molecule has 138 valence electrons. The van der Waals surface area contributed by atoms with E-state index in [0.717, 1.165) is 0 Å². The molecule has 2 aromatic carbocycles. The number of carboxylic acid groups (broad SMARTS) is 1. The van der Waals surface area contributed by atoms with Gasteiger partial charge in [0.1, 0.15) is 11.2 Å². The zero-order chi connectivity index (χ0) is 19.4. The minimum absolute atomic E-state index is 0.342. The van der Waals surface area contributed by atoms with Gasteiger partial charge < -0.3 is 20.3 Å². The Labute approximate surface area is 152 Å². The number of ether oxygens (including phenoxy) is 1. The van der Waals surface area contributed by atoms with E-state index in [1.165, 1.54) is 0 Å². The van der Waals surface area contributed by atoms with E-state index in [9.17, 15) is 19.8 Å². The molecule has 0 saturated carbocycles. The lowest BCUT2D eigenvalue weighted by Gasteiger charge is -2.35. The second-order valence-corrected chi connectivity index (χ2v) is 6.92. The Balaban J connectivity index is 2.51. The number of carboxylic acids is 1. The Morgan fingerprint density at radius 3 is 1.69 bits per heavy atom. The number of alkyl carbamates (subject to hydrolysis) is 1. The first-order valence-corrected chi connectivity index (χ1v) is 8.20. The van der Waals surface area contributed by atoms with Crippen LogP contribution in [0.25, 0.3) is 0 Å². The molecule has 1 amide bonds. The molecule has 6 nitrogen and oxygen atoms in total. The highest BCUT2D eigenvalue weighted by molar-refractivity contribution is 5.82. The van der Waals surface area contributed by atoms with Crippen molar-refractivity contribution in [2.75, 3.05) is 0 Å². The maximum atomic E-state index is 12.2. The van der Waals surface area contributed by atoms with Crippen LogP contribution in [0.2, 0.25) is 0 Å². The number of rotatable bonds is 5. The van der Waals surface area contributed by atoms with Crippen molar-refractivity contribution in [3.63, 3.8) is 0 Å². The summed E-state index contributed by atoms with van der Waals surface area (Å²) in [5.41, 5.74) is -2.10. The number of carbonyl (C=O) groups excluding carboxylic acids is 1. The van der Waals surface area contributed by atoms with Gasteiger partial charge in [0.15, 0.2) is 6.04 Å². The lowest BCUT2D eigenvalue weighted by molar-refractivity contribution is -0.145. The molecule has 0 aliphatic rings. The Morgan fingerprint density at radius 1 is 0.923 bits per heavy atom. The number of carbonyl (C=O) groups is 2. The van der Waals surface area contributed by atoms with E-state index in [4.69, 9.17) is 4.74 Å². The van der Waals surface area contributed by atoms with Gasteiger partial charge in [-0.2, -0.15) is 0 Å². The molecule has 2 rings (SSSR count). The van der Waals surface area contributed by atoms with Gasteiger partial charge in [0, 0.05) is 0 Å². The van der Waals surface area contributed by atoms with Crippen molar-refractivity contribution >= 4 is 12.1 Å². The fourth-order valence-electron chi connectivity index (χ4n) is 2.65. The predicted octanol–water partition coefficient (Wildman–Crippen LogP) is 2.90. The summed E-state index contributed by atoms with van der Waals surface area (Å²) in [6.07, 6.45) is -0.921. The summed E-state index contributed by atoms with van der Waals surface area (Å²) in [6, 6.07) is 15.1. The maximum absolute atomic E-state index is 12.2. The van der Waals surface area contributed by atoms with Crippen LogP contribution < -0.4 is 5.32 Å². The molecule has 1 atom stereocenters. The van der Waals surface area contributed by atoms with Gasteiger partial charge in [0.2, 0.25) is 0 Å². The molecule has 0 bridgehead atoms. The molecular weight excluding hydrogens is 334 g/mol. The predicted molar refractivity (Wildman–Crippen MR) is 96.7 cm³/mol. The number of aliphatic carboxylic acids is 1. The zero-order valence-corrected chi connectivity index (χ0v) is 15.0. The number of amides is 1. The summed E-state index contributed by atoms with van der Waals surface area (Å²) in [5.74, 6) is -1.38. The molecular formula is C20H23NO5. The van der Waals surface area contributed by atoms with Crippen molar-refractivity contribution in [2.24, 2.45) is 0 Å². The highest BCUT2D eigenvalue weighted by Crippen LogP contribution is 2.33. The van der Waals surface area contributed by atoms with Gasteiger partial charge in [-0.05, 0) is 31.9 Å². The van der Waals surface area contributed by atoms with E-state index in [1.54, 1.807) is 81.4 Å². The van der Waals surface area contributed by atoms with E-state index in [0.29, 0.717) is 11.1 Å². The normalized spacial score (nSPS) is 12.9. The zero-order valence-electron chi connectivity index (χ0n) is 15.0. The van der Waals surface area contributed by atoms with E-state index in [2.05, 4.69) is 5.32 Å². The van der Waals surface area contributed by atoms with Crippen molar-refractivity contribution in [2.45, 2.75) is 38.0 Å². The monoisotopic (exact) mass is 357 g/mol. The second-order valence-electron chi connectivity index (χ2n) is 6.92. The number of benzene rings is 2. The summed E-state index contributed by atoms with van der Waals surface area (Å²) < 4.78 is 5.16. The molecule has 2 aromatic rings. The Kier molecular flexibility index (Phi) is 5.67. The van der Waals surface area contributed by atoms with Gasteiger partial charge in [-0.25, -0.2) is 9.59 Å². The highest BCUT2D eigenvalue weighted by atomic mass is 16.6. The van der Waals surface area contributed by atoms with E-state index < -0.39 is 29.3 Å². The molecule has 0 fully saturated rings. The van der Waals surface area contributed by atoms with Crippen LogP contribution in [0.1, 0.15) is 31.9 Å². The third-order valence-electron chi connectivity index (χ3n) is 3.75. The number of hydrogen-bond donors (Lipinski definition) is 3. The van der Waals surface area contributed by atoms with E-state index in [1.807, 2.05) is 0 Å². The SMILES string of the molecule is CC(C)(C)OC(=O)NC(C(=O)O)C(O)(c1ccccc1)c1ccccc1. The quantitative estimate of drug-likeness (QED) is 0.765. The van der Waals surface area contributed by atoms with Crippen LogP contribution in [0, 0.1) is 0 Å². The first kappa shape index (κ1) is 19.5. The second kappa shape index (κ2) is 7.58. The molecule has 0 spiro atoms. The Hall–Kier alpha value is -2.86. The molecule has 0 radical (unpaired) electrons. The first-order chi connectivity index (χ1) is 12.1. The maximum Gasteiger partial charge on any atom is 0.408 e. The van der Waals surface area contributed by atoms with Crippen molar-refractivity contribution in [1.29, 1.82) is 0 Å². The van der Waals surface area contributed by atoms with Crippen molar-refractivity contribution in [3.8, 4) is 0 Å². The van der Waals surface area contributed by atoms with Gasteiger partial charge in [-0.3, -0.25) is 0 Å². The lowest BCUT2D eigenvalue weighted by atomic mass is 9.80. The molecule has 1 unspecified atom stereocenters. The minimum atomic E-state index is -1.98. The van der Waals surface area contributed by atoms with Crippen molar-refractivity contribution < 1.29 is 24.5 Å². The lowest BCUT2D eigenvalue weighted by Crippen LogP contribution is -2.56. The van der Waals surface area contributed by atoms with Crippen molar-refractivity contribution in [1.82, 2.24) is 5.32 Å². The molecule has 3 N–H and O–H groups in total. The first-order valence-electron chi connectivity index (χ1n) is 8.20. The van der Waals surface area contributed by atoms with Crippen LogP contribution in [-0.2, 0) is 15.1 Å². The van der Waals surface area contributed by atoms with Gasteiger partial charge in [0.25, 0.3) is 0 Å². The fourth-order valence-corrected chi connectivity index (χ4v) is 2.65. The fraction of sp³-hybridized carbons (Fsp3) is 0.300. The van der Waals surface area contributed by atoms with Crippen LogP contribution in [0.4, 0.5) is 4.79 Å². The highest BCUT2D eigenvalue weighted by Gasteiger charge is 2.46. The van der Waals surface area contributed by atoms with Gasteiger partial charge in [0.05, 0.1) is 0 Å². The van der Waals surface area contributed by atoms with E-state index in [-0.39, 0.29) is 0 Å². The van der Waals surface area contributed by atoms with Gasteiger partial charge >= 0.3 is 12.1 Å². The molecule has 0 aliphatic carbocycles. The summed E-state index contributed by atoms with van der Waals surface area (Å²) in [7, 11) is 0. The van der Waals surface area contributed by atoms with Crippen LogP contribution >= 0.6 is 0 Å². The third kappa shape index (κ3) is 4.40. The molecule has 0 saturated heterocycles. The topological polar surface area (TPSA) is 95.9 Å². The molecule has 26 heavy (non-hydrogen) atoms. The van der Waals surface area contributed by atoms with Crippen LogP contribution in [0.3, 0.4) is 0 Å². The average molecular weight is 357 g/mol. The molecule has 0 aliphatic heterocycles. The molecule has 0 heterocycles. The number of hydrogen-bond acceptors (Lipinski definition) is 4. The van der Waals surface area contributed by atoms with Crippen molar-refractivity contribution in [3.05, 3.63) is 71.8 Å². The minimum Gasteiger partial charge on any atom is -0.480 e. The number of aliphatic hydroxyl groups is 1. The smallest absolute Gasteiger partial charge is 0.408 e.